The van der Waals surface area contributed by atoms with Crippen molar-refractivity contribution in [3.05, 3.63) is 69.7 Å². The lowest BCUT2D eigenvalue weighted by Gasteiger charge is -2.33. The van der Waals surface area contributed by atoms with Crippen LogP contribution < -0.4 is 15.4 Å². The van der Waals surface area contributed by atoms with Crippen molar-refractivity contribution >= 4 is 28.8 Å². The zero-order chi connectivity index (χ0) is 24.6. The van der Waals surface area contributed by atoms with E-state index >= 15 is 0 Å². The van der Waals surface area contributed by atoms with Gasteiger partial charge in [-0.25, -0.2) is 0 Å². The van der Waals surface area contributed by atoms with Crippen molar-refractivity contribution in [1.82, 2.24) is 20.4 Å². The summed E-state index contributed by atoms with van der Waals surface area (Å²) in [6.07, 6.45) is 3.74. The number of carbonyl (C=O) groups is 2. The lowest BCUT2D eigenvalue weighted by atomic mass is 10.0. The predicted molar refractivity (Wildman–Crippen MR) is 137 cm³/mol. The first-order chi connectivity index (χ1) is 17.0. The van der Waals surface area contributed by atoms with Gasteiger partial charge in [-0.15, -0.1) is 10.2 Å². The predicted octanol–water partition coefficient (Wildman–Crippen LogP) is 4.28. The Morgan fingerprint density at radius 2 is 1.89 bits per heavy atom. The van der Waals surface area contributed by atoms with Crippen molar-refractivity contribution in [2.24, 2.45) is 0 Å². The lowest BCUT2D eigenvalue weighted by molar-refractivity contribution is 0.0938. The fourth-order valence-corrected chi connectivity index (χ4v) is 4.70. The Bertz CT molecular complexity index is 1150. The second-order valence-electron chi connectivity index (χ2n) is 8.72. The highest BCUT2D eigenvalue weighted by atomic mass is 32.1. The maximum atomic E-state index is 12.6. The average molecular weight is 494 g/mol. The van der Waals surface area contributed by atoms with E-state index in [0.29, 0.717) is 28.8 Å². The summed E-state index contributed by atoms with van der Waals surface area (Å²) in [5, 5.41) is 14.7. The van der Waals surface area contributed by atoms with E-state index in [1.165, 1.54) is 30.6 Å². The monoisotopic (exact) mass is 493 g/mol. The van der Waals surface area contributed by atoms with E-state index in [-0.39, 0.29) is 23.4 Å². The minimum atomic E-state index is -0.350. The summed E-state index contributed by atoms with van der Waals surface area (Å²) in [5.74, 6) is 0.311. The number of rotatable bonds is 9. The lowest BCUT2D eigenvalue weighted by Crippen LogP contribution is -2.42. The van der Waals surface area contributed by atoms with Gasteiger partial charge in [0.05, 0.1) is 0 Å². The molecule has 35 heavy (non-hydrogen) atoms. The van der Waals surface area contributed by atoms with Crippen molar-refractivity contribution < 1.29 is 14.3 Å². The normalized spacial score (nSPS) is 16.0. The largest absolute Gasteiger partial charge is 0.486 e. The number of aryl methyl sites for hydroxylation is 1. The summed E-state index contributed by atoms with van der Waals surface area (Å²) in [6.45, 7) is 7.04. The van der Waals surface area contributed by atoms with Crippen LogP contribution in [0.2, 0.25) is 0 Å². The highest BCUT2D eigenvalue weighted by molar-refractivity contribution is 7.13. The topological polar surface area (TPSA) is 96.5 Å². The van der Waals surface area contributed by atoms with Gasteiger partial charge in [-0.05, 0) is 69.1 Å². The van der Waals surface area contributed by atoms with Gasteiger partial charge < -0.3 is 15.4 Å². The number of likely N-dealkylation sites (tertiary alicyclic amines) is 1. The summed E-state index contributed by atoms with van der Waals surface area (Å²) in [7, 11) is 0. The molecule has 0 spiro atoms. The maximum Gasteiger partial charge on any atom is 0.286 e. The molecule has 1 aliphatic heterocycles. The molecule has 1 saturated heterocycles. The van der Waals surface area contributed by atoms with Gasteiger partial charge in [-0.2, -0.15) is 0 Å². The molecular formula is C26H31N5O3S. The number of ether oxygens (including phenoxy) is 1. The Morgan fingerprint density at radius 3 is 2.66 bits per heavy atom. The molecule has 0 saturated carbocycles. The molecule has 1 aliphatic rings. The molecule has 2 N–H and O–H groups in total. The van der Waals surface area contributed by atoms with E-state index in [1.54, 1.807) is 24.3 Å². The Hall–Kier alpha value is -3.30. The molecule has 1 aromatic heterocycles. The number of anilines is 1. The van der Waals surface area contributed by atoms with Crippen LogP contribution >= 0.6 is 11.3 Å². The first-order valence-electron chi connectivity index (χ1n) is 11.9. The highest BCUT2D eigenvalue weighted by Crippen LogP contribution is 2.20. The fraction of sp³-hybridized carbons (Fsp3) is 0.385. The molecule has 1 atom stereocenters. The minimum Gasteiger partial charge on any atom is -0.486 e. The summed E-state index contributed by atoms with van der Waals surface area (Å²) in [6, 6.07) is 15.1. The Kier molecular flexibility index (Phi) is 8.44. The third kappa shape index (κ3) is 6.86. The number of amides is 2. The van der Waals surface area contributed by atoms with Gasteiger partial charge in [-0.3, -0.25) is 14.5 Å². The number of aromatic nitrogens is 2. The molecule has 2 aromatic carbocycles. The van der Waals surface area contributed by atoms with Crippen LogP contribution in [0.5, 0.6) is 5.75 Å². The summed E-state index contributed by atoms with van der Waals surface area (Å²) in [5.41, 5.74) is 2.17. The molecule has 9 heteroatoms. The van der Waals surface area contributed by atoms with Crippen molar-refractivity contribution in [3.63, 3.8) is 0 Å². The maximum absolute atomic E-state index is 12.6. The van der Waals surface area contributed by atoms with Crippen LogP contribution in [0.25, 0.3) is 0 Å². The van der Waals surface area contributed by atoms with Crippen molar-refractivity contribution in [3.8, 4) is 5.75 Å². The number of hydrogen-bond acceptors (Lipinski definition) is 7. The number of carbonyl (C=O) groups excluding carboxylic acids is 2. The molecule has 0 bridgehead atoms. The van der Waals surface area contributed by atoms with E-state index in [4.69, 9.17) is 4.74 Å². The smallest absolute Gasteiger partial charge is 0.286 e. The van der Waals surface area contributed by atoms with Crippen LogP contribution in [-0.2, 0) is 6.61 Å². The van der Waals surface area contributed by atoms with Gasteiger partial charge in [0.1, 0.15) is 12.4 Å². The number of para-hydroxylation sites is 1. The van der Waals surface area contributed by atoms with E-state index in [2.05, 4.69) is 32.7 Å². The Morgan fingerprint density at radius 1 is 1.09 bits per heavy atom. The number of nitrogens with one attached hydrogen (secondary N) is 2. The Balaban J connectivity index is 1.24. The minimum absolute atomic E-state index is 0.116. The first kappa shape index (κ1) is 24.8. The number of piperidine rings is 1. The molecule has 3 aromatic rings. The summed E-state index contributed by atoms with van der Waals surface area (Å²) in [4.78, 5) is 27.5. The van der Waals surface area contributed by atoms with E-state index in [0.717, 1.165) is 24.4 Å². The van der Waals surface area contributed by atoms with Gasteiger partial charge in [-0.1, -0.05) is 36.0 Å². The molecule has 0 unspecified atom stereocenters. The van der Waals surface area contributed by atoms with Gasteiger partial charge in [0.2, 0.25) is 5.01 Å². The van der Waals surface area contributed by atoms with Crippen molar-refractivity contribution in [1.29, 1.82) is 0 Å². The van der Waals surface area contributed by atoms with Crippen LogP contribution in [0, 0.1) is 6.92 Å². The van der Waals surface area contributed by atoms with Gasteiger partial charge >= 0.3 is 0 Å². The van der Waals surface area contributed by atoms with Crippen LogP contribution in [0.4, 0.5) is 5.69 Å². The van der Waals surface area contributed by atoms with Gasteiger partial charge in [0.25, 0.3) is 11.8 Å². The van der Waals surface area contributed by atoms with E-state index in [9.17, 15) is 9.59 Å². The standard InChI is InChI=1S/C26H31N5O3S/c1-18-7-3-4-9-22(18)34-17-23-29-30-26(35-23)25(33)28-21-12-10-20(11-13-21)24(32)27-14-16-31-15-6-5-8-19(31)2/h3-4,7,9-13,19H,5-6,8,14-17H2,1-2H3,(H,27,32)(H,28,33)/t19-/m0/s1. The number of nitrogens with zero attached hydrogens (tertiary/aromatic N) is 3. The fourth-order valence-electron chi connectivity index (χ4n) is 4.06. The van der Waals surface area contributed by atoms with E-state index < -0.39 is 0 Å². The molecule has 184 valence electrons. The molecule has 4 rings (SSSR count). The van der Waals surface area contributed by atoms with Crippen LogP contribution in [0.1, 0.15) is 56.9 Å². The molecular weight excluding hydrogens is 462 g/mol. The van der Waals surface area contributed by atoms with Crippen molar-refractivity contribution in [2.45, 2.75) is 45.8 Å². The molecule has 2 amide bonds. The summed E-state index contributed by atoms with van der Waals surface area (Å²) < 4.78 is 5.77. The molecule has 8 nitrogen and oxygen atoms in total. The SMILES string of the molecule is Cc1ccccc1OCc1nnc(C(=O)Nc2ccc(C(=O)NCCN3CCCC[C@@H]3C)cc2)s1. The molecule has 2 heterocycles. The van der Waals surface area contributed by atoms with Crippen LogP contribution in [0.15, 0.2) is 48.5 Å². The average Bonchev–Trinajstić information content (AvgIpc) is 3.34. The summed E-state index contributed by atoms with van der Waals surface area (Å²) >= 11 is 1.19. The second-order valence-corrected chi connectivity index (χ2v) is 9.79. The second kappa shape index (κ2) is 11.9. The molecule has 0 radical (unpaired) electrons. The first-order valence-corrected chi connectivity index (χ1v) is 12.8. The van der Waals surface area contributed by atoms with Gasteiger partial charge in [0.15, 0.2) is 5.01 Å². The third-order valence-electron chi connectivity index (χ3n) is 6.14. The van der Waals surface area contributed by atoms with Crippen LogP contribution in [-0.4, -0.2) is 52.6 Å². The third-order valence-corrected chi connectivity index (χ3v) is 7.03. The zero-order valence-corrected chi connectivity index (χ0v) is 20.9. The number of hydrogen-bond donors (Lipinski definition) is 2. The highest BCUT2D eigenvalue weighted by Gasteiger charge is 2.18. The zero-order valence-electron chi connectivity index (χ0n) is 20.1. The quantitative estimate of drug-likeness (QED) is 0.462. The molecule has 0 aliphatic carbocycles. The van der Waals surface area contributed by atoms with Crippen molar-refractivity contribution in [2.75, 3.05) is 25.0 Å². The number of benzene rings is 2. The van der Waals surface area contributed by atoms with E-state index in [1.807, 2.05) is 31.2 Å². The molecule has 1 fully saturated rings. The van der Waals surface area contributed by atoms with Gasteiger partial charge in [0, 0.05) is 30.4 Å². The van der Waals surface area contributed by atoms with Crippen LogP contribution in [0.3, 0.4) is 0 Å². The Labute approximate surface area is 209 Å².